The first-order valence-electron chi connectivity index (χ1n) is 10.5. The van der Waals surface area contributed by atoms with E-state index in [2.05, 4.69) is 4.98 Å². The van der Waals surface area contributed by atoms with E-state index in [1.807, 2.05) is 47.2 Å². The number of halogens is 3. The van der Waals surface area contributed by atoms with Crippen LogP contribution in [0, 0.1) is 0 Å². The van der Waals surface area contributed by atoms with Gasteiger partial charge in [0.2, 0.25) is 0 Å². The van der Waals surface area contributed by atoms with E-state index in [-0.39, 0.29) is 18.3 Å². The Bertz CT molecular complexity index is 963. The van der Waals surface area contributed by atoms with E-state index in [1.165, 1.54) is 0 Å². The molecule has 7 heteroatoms. The van der Waals surface area contributed by atoms with E-state index in [0.29, 0.717) is 28.2 Å². The highest BCUT2D eigenvalue weighted by atomic mass is 35.5. The fourth-order valence-electron chi connectivity index (χ4n) is 3.93. The van der Waals surface area contributed by atoms with Crippen molar-refractivity contribution in [1.29, 1.82) is 0 Å². The molecule has 4 nitrogen and oxygen atoms in total. The number of aromatic nitrogens is 2. The second-order valence-corrected chi connectivity index (χ2v) is 9.16. The molecule has 2 heterocycles. The van der Waals surface area contributed by atoms with Gasteiger partial charge in [0.05, 0.1) is 31.7 Å². The molecule has 1 fully saturated rings. The van der Waals surface area contributed by atoms with Gasteiger partial charge in [-0.15, -0.1) is 0 Å². The van der Waals surface area contributed by atoms with Gasteiger partial charge < -0.3 is 14.0 Å². The Hall–Kier alpha value is -1.56. The normalized spacial score (nSPS) is 20.0. The third-order valence-electron chi connectivity index (χ3n) is 5.56. The summed E-state index contributed by atoms with van der Waals surface area (Å²) in [6, 6.07) is 13.5. The molecule has 1 saturated heterocycles. The fourth-order valence-corrected chi connectivity index (χ4v) is 4.54. The minimum atomic E-state index is -0.110. The van der Waals surface area contributed by atoms with Crippen LogP contribution in [0.3, 0.4) is 0 Å². The molecule has 1 aromatic heterocycles. The summed E-state index contributed by atoms with van der Waals surface area (Å²) in [4.78, 5) is 4.14. The summed E-state index contributed by atoms with van der Waals surface area (Å²) in [7, 11) is 0. The molecular weight excluding hydrogens is 455 g/mol. The highest BCUT2D eigenvalue weighted by Gasteiger charge is 2.25. The summed E-state index contributed by atoms with van der Waals surface area (Å²) in [6.45, 7) is 1.21. The highest BCUT2D eigenvalue weighted by Crippen LogP contribution is 2.28. The maximum absolute atomic E-state index is 6.36. The third-order valence-corrected chi connectivity index (χ3v) is 6.40. The number of ether oxygens (including phenoxy) is 2. The number of rotatable bonds is 8. The lowest BCUT2D eigenvalue weighted by molar-refractivity contribution is -0.102. The lowest BCUT2D eigenvalue weighted by atomic mass is 9.98. The van der Waals surface area contributed by atoms with E-state index in [4.69, 9.17) is 44.3 Å². The smallest absolute Gasteiger partial charge is 0.100 e. The number of hydrogen-bond donors (Lipinski definition) is 0. The highest BCUT2D eigenvalue weighted by molar-refractivity contribution is 6.35. The van der Waals surface area contributed by atoms with Crippen LogP contribution >= 0.6 is 34.8 Å². The Morgan fingerprint density at radius 1 is 1.03 bits per heavy atom. The predicted octanol–water partition coefficient (Wildman–Crippen LogP) is 6.78. The van der Waals surface area contributed by atoms with Crippen molar-refractivity contribution >= 4 is 34.8 Å². The second kappa shape index (κ2) is 10.8. The monoisotopic (exact) mass is 478 g/mol. The van der Waals surface area contributed by atoms with Crippen LogP contribution in [0.25, 0.3) is 0 Å². The molecule has 0 N–H and O–H groups in total. The third kappa shape index (κ3) is 6.47. The van der Waals surface area contributed by atoms with Crippen molar-refractivity contribution in [2.24, 2.45) is 0 Å². The Labute approximate surface area is 198 Å². The van der Waals surface area contributed by atoms with Crippen molar-refractivity contribution in [2.75, 3.05) is 6.61 Å². The first-order chi connectivity index (χ1) is 15.1. The van der Waals surface area contributed by atoms with Crippen molar-refractivity contribution in [3.8, 4) is 0 Å². The van der Waals surface area contributed by atoms with Gasteiger partial charge in [-0.25, -0.2) is 4.98 Å². The van der Waals surface area contributed by atoms with Gasteiger partial charge in [-0.3, -0.25) is 0 Å². The minimum absolute atomic E-state index is 0.0578. The zero-order valence-corrected chi connectivity index (χ0v) is 19.4. The van der Waals surface area contributed by atoms with Gasteiger partial charge in [-0.2, -0.15) is 0 Å². The van der Waals surface area contributed by atoms with Crippen LogP contribution in [0.15, 0.2) is 61.2 Å². The van der Waals surface area contributed by atoms with Crippen LogP contribution in [0.2, 0.25) is 15.1 Å². The van der Waals surface area contributed by atoms with Gasteiger partial charge >= 0.3 is 0 Å². The zero-order valence-electron chi connectivity index (χ0n) is 17.1. The molecule has 1 unspecified atom stereocenters. The lowest BCUT2D eigenvalue weighted by Crippen LogP contribution is -2.33. The molecular formula is C24H25Cl3N2O2. The average Bonchev–Trinajstić information content (AvgIpc) is 3.27. The topological polar surface area (TPSA) is 36.3 Å². The van der Waals surface area contributed by atoms with E-state index >= 15 is 0 Å². The van der Waals surface area contributed by atoms with Gasteiger partial charge in [0, 0.05) is 33.9 Å². The molecule has 0 aliphatic carbocycles. The molecule has 1 aliphatic rings. The summed E-state index contributed by atoms with van der Waals surface area (Å²) in [5.74, 6) is 0. The first-order valence-corrected chi connectivity index (χ1v) is 11.6. The number of nitrogens with zero attached hydrogens (tertiary/aromatic N) is 2. The van der Waals surface area contributed by atoms with Crippen LogP contribution in [-0.2, 0) is 22.4 Å². The summed E-state index contributed by atoms with van der Waals surface area (Å²) in [5.41, 5.74) is 2.15. The Morgan fingerprint density at radius 2 is 1.81 bits per heavy atom. The molecule has 0 amide bonds. The first kappa shape index (κ1) is 22.6. The Balaban J connectivity index is 1.37. The van der Waals surface area contributed by atoms with Gasteiger partial charge in [0.15, 0.2) is 0 Å². The van der Waals surface area contributed by atoms with Crippen molar-refractivity contribution in [2.45, 2.75) is 50.5 Å². The summed E-state index contributed by atoms with van der Waals surface area (Å²) >= 11 is 18.4. The Kier molecular flexibility index (Phi) is 7.91. The van der Waals surface area contributed by atoms with Gasteiger partial charge in [0.1, 0.15) is 6.10 Å². The van der Waals surface area contributed by atoms with Gasteiger partial charge in [0.25, 0.3) is 0 Å². The molecule has 1 aliphatic heterocycles. The van der Waals surface area contributed by atoms with Crippen molar-refractivity contribution in [1.82, 2.24) is 9.55 Å². The number of imidazole rings is 1. The standard InChI is InChI=1S/C24H25Cl3N2O2/c25-19-7-4-17(5-8-19)24(14-29-11-10-28-16-29)30-15-22-3-1-2-21(31-22)12-18-6-9-20(26)13-23(18)27/h4-11,13,16,21-22,24H,1-3,12,14-15H2/t21-,22-,24?/m1/s1. The SMILES string of the molecule is Clc1ccc(C(Cn2ccnc2)OC[C@H]2CCC[C@H](Cc3ccc(Cl)cc3Cl)O2)cc1. The van der Waals surface area contributed by atoms with Crippen molar-refractivity contribution < 1.29 is 9.47 Å². The maximum atomic E-state index is 6.36. The largest absolute Gasteiger partial charge is 0.372 e. The molecule has 3 aromatic rings. The molecule has 0 spiro atoms. The van der Waals surface area contributed by atoms with Crippen LogP contribution in [0.4, 0.5) is 0 Å². The van der Waals surface area contributed by atoms with E-state index < -0.39 is 0 Å². The molecule has 0 bridgehead atoms. The predicted molar refractivity (Wildman–Crippen MR) is 125 cm³/mol. The average molecular weight is 480 g/mol. The fraction of sp³-hybridized carbons (Fsp3) is 0.375. The van der Waals surface area contributed by atoms with Gasteiger partial charge in [-0.1, -0.05) is 53.0 Å². The minimum Gasteiger partial charge on any atom is -0.372 e. The van der Waals surface area contributed by atoms with E-state index in [0.717, 1.165) is 36.8 Å². The van der Waals surface area contributed by atoms with Gasteiger partial charge in [-0.05, 0) is 54.7 Å². The summed E-state index contributed by atoms with van der Waals surface area (Å²) in [5, 5.41) is 2.05. The number of benzene rings is 2. The van der Waals surface area contributed by atoms with Crippen LogP contribution in [-0.4, -0.2) is 28.4 Å². The summed E-state index contributed by atoms with van der Waals surface area (Å²) in [6.07, 6.45) is 9.49. The van der Waals surface area contributed by atoms with Crippen LogP contribution in [0.1, 0.15) is 36.5 Å². The van der Waals surface area contributed by atoms with Crippen molar-refractivity contribution in [3.05, 3.63) is 87.4 Å². The van der Waals surface area contributed by atoms with E-state index in [1.54, 1.807) is 18.6 Å². The van der Waals surface area contributed by atoms with Crippen LogP contribution in [0.5, 0.6) is 0 Å². The number of hydrogen-bond acceptors (Lipinski definition) is 3. The molecule has 4 rings (SSSR count). The molecule has 164 valence electrons. The molecule has 0 saturated carbocycles. The molecule has 0 radical (unpaired) electrons. The Morgan fingerprint density at radius 3 is 2.55 bits per heavy atom. The lowest BCUT2D eigenvalue weighted by Gasteiger charge is -2.31. The second-order valence-electron chi connectivity index (χ2n) is 7.88. The zero-order chi connectivity index (χ0) is 21.6. The molecule has 2 aromatic carbocycles. The van der Waals surface area contributed by atoms with E-state index in [9.17, 15) is 0 Å². The van der Waals surface area contributed by atoms with Crippen molar-refractivity contribution in [3.63, 3.8) is 0 Å². The maximum Gasteiger partial charge on any atom is 0.100 e. The summed E-state index contributed by atoms with van der Waals surface area (Å²) < 4.78 is 14.7. The quantitative estimate of drug-likeness (QED) is 0.357. The van der Waals surface area contributed by atoms with Crippen LogP contribution < -0.4 is 0 Å². The molecule has 31 heavy (non-hydrogen) atoms. The molecule has 3 atom stereocenters.